The van der Waals surface area contributed by atoms with E-state index in [4.69, 9.17) is 4.52 Å². The molecule has 0 atom stereocenters. The van der Waals surface area contributed by atoms with Gasteiger partial charge in [-0.25, -0.2) is 4.79 Å². The van der Waals surface area contributed by atoms with Crippen LogP contribution in [0.1, 0.15) is 25.7 Å². The quantitative estimate of drug-likeness (QED) is 0.911. The van der Waals surface area contributed by atoms with Gasteiger partial charge >= 0.3 is 6.03 Å². The first-order valence-corrected chi connectivity index (χ1v) is 8.64. The molecule has 0 bridgehead atoms. The number of hydrogen-bond acceptors (Lipinski definition) is 5. The van der Waals surface area contributed by atoms with E-state index in [9.17, 15) is 9.59 Å². The minimum atomic E-state index is -0.165. The van der Waals surface area contributed by atoms with Gasteiger partial charge in [-0.05, 0) is 25.0 Å². The van der Waals surface area contributed by atoms with Gasteiger partial charge < -0.3 is 19.6 Å². The molecule has 2 heterocycles. The topological polar surface area (TPSA) is 91.6 Å². The van der Waals surface area contributed by atoms with E-state index in [-0.39, 0.29) is 18.0 Å². The number of benzene rings is 1. The number of aryl methyl sites for hydroxylation is 1. The van der Waals surface area contributed by atoms with E-state index >= 15 is 0 Å². The van der Waals surface area contributed by atoms with Crippen LogP contribution >= 0.6 is 0 Å². The minimum Gasteiger partial charge on any atom is -0.343 e. The molecule has 1 aliphatic rings. The third kappa shape index (κ3) is 3.84. The third-order valence-corrected chi connectivity index (χ3v) is 4.73. The highest BCUT2D eigenvalue weighted by Crippen LogP contribution is 2.26. The van der Waals surface area contributed by atoms with Crippen LogP contribution in [-0.2, 0) is 4.79 Å². The fourth-order valence-electron chi connectivity index (χ4n) is 3.10. The third-order valence-electron chi connectivity index (χ3n) is 4.73. The maximum absolute atomic E-state index is 12.6. The second kappa shape index (κ2) is 7.55. The van der Waals surface area contributed by atoms with E-state index < -0.39 is 0 Å². The molecule has 1 N–H and O–H groups in total. The number of nitrogens with zero attached hydrogens (tertiary/aromatic N) is 4. The van der Waals surface area contributed by atoms with Crippen LogP contribution in [0.4, 0.5) is 10.5 Å². The minimum absolute atomic E-state index is 0.0530. The Labute approximate surface area is 152 Å². The fourth-order valence-corrected chi connectivity index (χ4v) is 3.10. The first-order valence-electron chi connectivity index (χ1n) is 8.64. The van der Waals surface area contributed by atoms with Gasteiger partial charge in [0.25, 0.3) is 0 Å². The molecule has 0 unspecified atom stereocenters. The SMILES string of the molecule is CC(=O)N(C)C1CCN(C(=O)Nc2ccccc2-c2noc(C)n2)CC1. The molecule has 8 nitrogen and oxygen atoms in total. The number of urea groups is 1. The number of anilines is 1. The molecule has 1 aliphatic heterocycles. The van der Waals surface area contributed by atoms with Crippen LogP contribution in [0, 0.1) is 6.92 Å². The van der Waals surface area contributed by atoms with Crippen molar-refractivity contribution in [1.29, 1.82) is 0 Å². The van der Waals surface area contributed by atoms with Crippen molar-refractivity contribution in [3.8, 4) is 11.4 Å². The maximum Gasteiger partial charge on any atom is 0.321 e. The van der Waals surface area contributed by atoms with Crippen molar-refractivity contribution in [2.45, 2.75) is 32.7 Å². The number of aromatic nitrogens is 2. The van der Waals surface area contributed by atoms with Gasteiger partial charge in [0.1, 0.15) is 0 Å². The van der Waals surface area contributed by atoms with Crippen molar-refractivity contribution in [1.82, 2.24) is 19.9 Å². The van der Waals surface area contributed by atoms with E-state index in [0.29, 0.717) is 36.1 Å². The summed E-state index contributed by atoms with van der Waals surface area (Å²) in [5.41, 5.74) is 1.35. The van der Waals surface area contributed by atoms with Gasteiger partial charge in [0.15, 0.2) is 0 Å². The average Bonchev–Trinajstić information content (AvgIpc) is 3.07. The molecular weight excluding hydrogens is 334 g/mol. The van der Waals surface area contributed by atoms with Gasteiger partial charge in [-0.1, -0.05) is 17.3 Å². The van der Waals surface area contributed by atoms with E-state index in [1.807, 2.05) is 31.3 Å². The Balaban J connectivity index is 1.66. The predicted octanol–water partition coefficient (Wildman–Crippen LogP) is 2.52. The standard InChI is InChI=1S/C18H23N5O3/c1-12-19-17(21-26-12)15-6-4-5-7-16(15)20-18(25)23-10-8-14(9-11-23)22(3)13(2)24/h4-7,14H,8-11H2,1-3H3,(H,20,25). The number of para-hydroxylation sites is 1. The van der Waals surface area contributed by atoms with Crippen LogP contribution in [0.25, 0.3) is 11.4 Å². The molecule has 1 aromatic heterocycles. The molecule has 0 radical (unpaired) electrons. The van der Waals surface area contributed by atoms with Crippen molar-refractivity contribution in [3.63, 3.8) is 0 Å². The number of amides is 3. The molecule has 1 aromatic carbocycles. The number of piperidine rings is 1. The fraction of sp³-hybridized carbons (Fsp3) is 0.444. The molecular formula is C18H23N5O3. The van der Waals surface area contributed by atoms with Crippen LogP contribution in [-0.4, -0.2) is 58.1 Å². The monoisotopic (exact) mass is 357 g/mol. The van der Waals surface area contributed by atoms with Crippen LogP contribution in [0.15, 0.2) is 28.8 Å². The van der Waals surface area contributed by atoms with Crippen LogP contribution in [0.2, 0.25) is 0 Å². The number of hydrogen-bond donors (Lipinski definition) is 1. The summed E-state index contributed by atoms with van der Waals surface area (Å²) in [5.74, 6) is 0.968. The van der Waals surface area contributed by atoms with E-state index in [1.54, 1.807) is 23.6 Å². The highest BCUT2D eigenvalue weighted by Gasteiger charge is 2.26. The number of carbonyl (C=O) groups excluding carboxylic acids is 2. The van der Waals surface area contributed by atoms with E-state index in [0.717, 1.165) is 12.8 Å². The Bertz CT molecular complexity index is 796. The molecule has 3 amide bonds. The summed E-state index contributed by atoms with van der Waals surface area (Å²) in [6.45, 7) is 4.50. The summed E-state index contributed by atoms with van der Waals surface area (Å²) >= 11 is 0. The van der Waals surface area contributed by atoms with E-state index in [2.05, 4.69) is 15.5 Å². The van der Waals surface area contributed by atoms with Gasteiger partial charge in [-0.2, -0.15) is 4.98 Å². The summed E-state index contributed by atoms with van der Waals surface area (Å²) in [7, 11) is 1.81. The molecule has 26 heavy (non-hydrogen) atoms. The van der Waals surface area contributed by atoms with Crippen molar-refractivity contribution < 1.29 is 14.1 Å². The summed E-state index contributed by atoms with van der Waals surface area (Å²) in [6, 6.07) is 7.39. The lowest BCUT2D eigenvalue weighted by molar-refractivity contribution is -0.130. The van der Waals surface area contributed by atoms with E-state index in [1.165, 1.54) is 0 Å². The van der Waals surface area contributed by atoms with Crippen LogP contribution in [0.3, 0.4) is 0 Å². The molecule has 1 fully saturated rings. The summed E-state index contributed by atoms with van der Waals surface area (Å²) in [5, 5.41) is 6.86. The van der Waals surface area contributed by atoms with Crippen molar-refractivity contribution in [3.05, 3.63) is 30.2 Å². The number of nitrogens with one attached hydrogen (secondary N) is 1. The number of rotatable bonds is 3. The highest BCUT2D eigenvalue weighted by atomic mass is 16.5. The van der Waals surface area contributed by atoms with Crippen molar-refractivity contribution >= 4 is 17.6 Å². The summed E-state index contributed by atoms with van der Waals surface area (Å²) in [4.78, 5) is 31.9. The van der Waals surface area contributed by atoms with Crippen LogP contribution < -0.4 is 5.32 Å². The number of carbonyl (C=O) groups is 2. The molecule has 0 saturated carbocycles. The molecule has 8 heteroatoms. The second-order valence-corrected chi connectivity index (χ2v) is 6.46. The Kier molecular flexibility index (Phi) is 5.20. The number of likely N-dealkylation sites (tertiary alicyclic amines) is 1. The summed E-state index contributed by atoms with van der Waals surface area (Å²) < 4.78 is 5.03. The van der Waals surface area contributed by atoms with Gasteiger partial charge in [-0.3, -0.25) is 4.79 Å². The predicted molar refractivity (Wildman–Crippen MR) is 96.5 cm³/mol. The molecule has 0 spiro atoms. The maximum atomic E-state index is 12.6. The Morgan fingerprint density at radius 3 is 2.58 bits per heavy atom. The van der Waals surface area contributed by atoms with Gasteiger partial charge in [0, 0.05) is 45.6 Å². The molecule has 138 valence electrons. The first-order chi connectivity index (χ1) is 12.5. The molecule has 0 aliphatic carbocycles. The lowest BCUT2D eigenvalue weighted by atomic mass is 10.0. The smallest absolute Gasteiger partial charge is 0.321 e. The Morgan fingerprint density at radius 2 is 1.96 bits per heavy atom. The van der Waals surface area contributed by atoms with Crippen LogP contribution in [0.5, 0.6) is 0 Å². The Morgan fingerprint density at radius 1 is 1.27 bits per heavy atom. The van der Waals surface area contributed by atoms with Crippen molar-refractivity contribution in [2.24, 2.45) is 0 Å². The summed E-state index contributed by atoms with van der Waals surface area (Å²) in [6.07, 6.45) is 1.55. The largest absolute Gasteiger partial charge is 0.343 e. The molecule has 3 rings (SSSR count). The van der Waals surface area contributed by atoms with Gasteiger partial charge in [0.05, 0.1) is 5.69 Å². The van der Waals surface area contributed by atoms with Crippen molar-refractivity contribution in [2.75, 3.05) is 25.5 Å². The first kappa shape index (κ1) is 17.9. The lowest BCUT2D eigenvalue weighted by Gasteiger charge is -2.36. The lowest BCUT2D eigenvalue weighted by Crippen LogP contribution is -2.47. The zero-order valence-electron chi connectivity index (χ0n) is 15.2. The Hall–Kier alpha value is -2.90. The van der Waals surface area contributed by atoms with Gasteiger partial charge in [-0.15, -0.1) is 0 Å². The zero-order chi connectivity index (χ0) is 18.7. The second-order valence-electron chi connectivity index (χ2n) is 6.46. The normalized spacial score (nSPS) is 15.0. The molecule has 1 saturated heterocycles. The van der Waals surface area contributed by atoms with Gasteiger partial charge in [0.2, 0.25) is 17.6 Å². The highest BCUT2D eigenvalue weighted by molar-refractivity contribution is 5.93. The zero-order valence-corrected chi connectivity index (χ0v) is 15.2. The molecule has 2 aromatic rings. The average molecular weight is 357 g/mol.